The Balaban J connectivity index is 1.13. The van der Waals surface area contributed by atoms with E-state index in [0.717, 1.165) is 111 Å². The molecule has 8 rings (SSSR count). The highest BCUT2D eigenvalue weighted by Gasteiger charge is 2.37. The third kappa shape index (κ3) is 7.78. The van der Waals surface area contributed by atoms with Gasteiger partial charge < -0.3 is 15.0 Å². The van der Waals surface area contributed by atoms with Crippen molar-refractivity contribution < 1.29 is 39.3 Å². The predicted octanol–water partition coefficient (Wildman–Crippen LogP) is 2.88. The van der Waals surface area contributed by atoms with Crippen LogP contribution in [0.15, 0.2) is 52.1 Å². The molecule has 0 bridgehead atoms. The summed E-state index contributed by atoms with van der Waals surface area (Å²) in [5.74, 6) is 0.888. The summed E-state index contributed by atoms with van der Waals surface area (Å²) in [7, 11) is -12.5. The number of anilines is 1. The van der Waals surface area contributed by atoms with E-state index in [9.17, 15) is 34.6 Å². The molecule has 0 unspecified atom stereocenters. The summed E-state index contributed by atoms with van der Waals surface area (Å²) < 4.78 is 99.7. The first-order valence-corrected chi connectivity index (χ1v) is 24.6. The lowest BCUT2D eigenvalue weighted by Crippen LogP contribution is -2.45. The Bertz CT molecular complexity index is 2650. The first-order valence-electron chi connectivity index (χ1n) is 19.9. The zero-order chi connectivity index (χ0) is 40.1. The van der Waals surface area contributed by atoms with Gasteiger partial charge in [-0.2, -0.15) is 8.42 Å². The molecule has 3 N–H and O–H groups in total. The third-order valence-electron chi connectivity index (χ3n) is 11.8. The van der Waals surface area contributed by atoms with Crippen LogP contribution in [0.4, 0.5) is 5.69 Å². The summed E-state index contributed by atoms with van der Waals surface area (Å²) in [5.41, 5.74) is 7.40. The molecule has 0 aromatic heterocycles. The number of fused-ring (bicyclic) bond motifs is 4. The first kappa shape index (κ1) is 39.7. The Morgan fingerprint density at radius 2 is 1.58 bits per heavy atom. The zero-order valence-electron chi connectivity index (χ0n) is 31.9. The number of carbonyl (C=O) groups is 1. The maximum atomic E-state index is 13.6. The molecule has 3 aromatic carbocycles. The summed E-state index contributed by atoms with van der Waals surface area (Å²) in [6.45, 7) is 7.15. The molecule has 0 saturated heterocycles. The molecule has 5 heterocycles. The van der Waals surface area contributed by atoms with Crippen molar-refractivity contribution in [2.45, 2.75) is 86.8 Å². The van der Waals surface area contributed by atoms with Gasteiger partial charge in [0.15, 0.2) is 9.84 Å². The summed E-state index contributed by atoms with van der Waals surface area (Å²) in [4.78, 5) is 13.7. The number of carbonyl (C=O) groups excluding carboxylic acids is 1. The van der Waals surface area contributed by atoms with E-state index in [1.54, 1.807) is 0 Å². The minimum atomic E-state index is -4.94. The van der Waals surface area contributed by atoms with Crippen LogP contribution in [0.3, 0.4) is 0 Å². The largest absolute Gasteiger partial charge is 0.455 e. The topological polar surface area (TPSA) is 179 Å². The summed E-state index contributed by atoms with van der Waals surface area (Å²) >= 11 is 0. The highest BCUT2D eigenvalue weighted by molar-refractivity contribution is 7.94. The molecule has 5 aliphatic rings. The van der Waals surface area contributed by atoms with Gasteiger partial charge in [-0.3, -0.25) is 9.35 Å². The number of sulfonamides is 1. The molecule has 57 heavy (non-hydrogen) atoms. The van der Waals surface area contributed by atoms with Gasteiger partial charge in [-0.15, -0.1) is 0 Å². The van der Waals surface area contributed by atoms with Gasteiger partial charge in [0, 0.05) is 89.6 Å². The van der Waals surface area contributed by atoms with Gasteiger partial charge in [0.05, 0.1) is 16.2 Å². The molecule has 13 nitrogen and oxygen atoms in total. The van der Waals surface area contributed by atoms with Crippen molar-refractivity contribution in [3.63, 3.8) is 0 Å². The van der Waals surface area contributed by atoms with Crippen LogP contribution in [0, 0.1) is 0 Å². The molecule has 0 atom stereocenters. The maximum Gasteiger partial charge on any atom is 0.295 e. The lowest BCUT2D eigenvalue weighted by Gasteiger charge is -2.39. The van der Waals surface area contributed by atoms with Crippen LogP contribution in [0.2, 0.25) is 0 Å². The van der Waals surface area contributed by atoms with Crippen molar-refractivity contribution in [2.24, 2.45) is 0 Å². The average molecular weight is 838 g/mol. The number of hydrogen-bond acceptors (Lipinski definition) is 9. The number of aryl methyl sites for hydroxylation is 2. The molecule has 304 valence electrons. The van der Waals surface area contributed by atoms with Gasteiger partial charge in [0.1, 0.15) is 29.5 Å². The molecular weight excluding hydrogens is 789 g/mol. The molecule has 0 radical (unpaired) electrons. The van der Waals surface area contributed by atoms with E-state index in [0.29, 0.717) is 36.3 Å². The van der Waals surface area contributed by atoms with Crippen molar-refractivity contribution in [1.82, 2.24) is 14.6 Å². The minimum Gasteiger partial charge on any atom is -0.455 e. The van der Waals surface area contributed by atoms with Crippen LogP contribution in [-0.2, 0) is 60.5 Å². The summed E-state index contributed by atoms with van der Waals surface area (Å²) in [6.07, 6.45) is 8.86. The Morgan fingerprint density at radius 3 is 2.35 bits per heavy atom. The molecule has 5 aliphatic heterocycles. The molecule has 0 saturated carbocycles. The van der Waals surface area contributed by atoms with Gasteiger partial charge in [-0.05, 0) is 81.2 Å². The van der Waals surface area contributed by atoms with E-state index in [2.05, 4.69) is 38.2 Å². The van der Waals surface area contributed by atoms with E-state index in [1.165, 1.54) is 34.3 Å². The fraction of sp³-hybridized carbons (Fsp3) is 0.463. The third-order valence-corrected chi connectivity index (χ3v) is 15.5. The average Bonchev–Trinajstić information content (AvgIpc) is 3.18. The van der Waals surface area contributed by atoms with Crippen LogP contribution < -0.4 is 34.8 Å². The van der Waals surface area contributed by atoms with Crippen molar-refractivity contribution in [1.29, 1.82) is 0 Å². The second-order valence-corrected chi connectivity index (χ2v) is 20.8. The second-order valence-electron chi connectivity index (χ2n) is 15.6. The predicted molar refractivity (Wildman–Crippen MR) is 217 cm³/mol. The number of rotatable bonds is 14. The molecular formula is C41H49N4O9S3+. The number of ether oxygens (including phenoxy) is 1. The van der Waals surface area contributed by atoms with Gasteiger partial charge in [-0.1, -0.05) is 19.1 Å². The molecule has 0 aliphatic carbocycles. The van der Waals surface area contributed by atoms with Gasteiger partial charge in [0.25, 0.3) is 10.1 Å². The number of sulfone groups is 1. The van der Waals surface area contributed by atoms with E-state index in [4.69, 9.17) is 4.74 Å². The lowest BCUT2D eigenvalue weighted by atomic mass is 9.82. The number of benzene rings is 3. The standard InChI is InChI=1S/C41H48N4O9S3/c1-2-55(47,48)23-18-42-36(46)14-4-3-5-17-43-56(49,50)29-15-16-30(35(26-29)57(51,52)53)37-33-24-27-10-6-19-44-21-8-12-31(38(27)44)40(33)54-41-32-13-9-22-45-20-7-11-28(39(32)45)25-34(37)41/h2,15-16,24-26,43H,1,3-14,17-23H2,(H-,42,46,51,52,53)/p+1. The van der Waals surface area contributed by atoms with Crippen molar-refractivity contribution in [3.8, 4) is 11.5 Å². The summed E-state index contributed by atoms with van der Waals surface area (Å²) in [6, 6.07) is 8.18. The SMILES string of the molecule is C=CS(=O)(=O)CCNC(=O)CCCCCNS(=O)(=O)c1ccc(C2=c3cc4c5c(c3Oc3c2cc2c6c3CCCN6CCC2)CCC[N+]=5CCC4)c(S(=O)(=O)O)c1. The number of nitrogens with zero attached hydrogens (tertiary/aromatic N) is 2. The monoisotopic (exact) mass is 837 g/mol. The van der Waals surface area contributed by atoms with Crippen LogP contribution >= 0.6 is 0 Å². The summed E-state index contributed by atoms with van der Waals surface area (Å²) in [5, 5.41) is 5.37. The molecule has 0 spiro atoms. The van der Waals surface area contributed by atoms with Crippen molar-refractivity contribution in [3.05, 3.63) is 86.3 Å². The molecule has 0 fully saturated rings. The first-order chi connectivity index (χ1) is 27.3. The van der Waals surface area contributed by atoms with Crippen LogP contribution in [0.1, 0.15) is 84.7 Å². The van der Waals surface area contributed by atoms with E-state index in [1.807, 2.05) is 0 Å². The van der Waals surface area contributed by atoms with Gasteiger partial charge in [-0.25, -0.2) is 26.1 Å². The van der Waals surface area contributed by atoms with E-state index in [-0.39, 0.29) is 41.6 Å². The van der Waals surface area contributed by atoms with E-state index < -0.39 is 34.9 Å². The van der Waals surface area contributed by atoms with Crippen LogP contribution in [0.5, 0.6) is 11.5 Å². The Labute approximate surface area is 334 Å². The van der Waals surface area contributed by atoms with Crippen molar-refractivity contribution >= 4 is 47.1 Å². The number of unbranched alkanes of at least 4 members (excludes halogenated alkanes) is 2. The normalized spacial score (nSPS) is 17.2. The number of nitrogens with one attached hydrogen (secondary N) is 2. The number of hydrogen-bond donors (Lipinski definition) is 3. The number of amides is 1. The fourth-order valence-electron chi connectivity index (χ4n) is 9.28. The Morgan fingerprint density at radius 1 is 0.842 bits per heavy atom. The second kappa shape index (κ2) is 15.6. The zero-order valence-corrected chi connectivity index (χ0v) is 34.4. The van der Waals surface area contributed by atoms with Crippen LogP contribution in [-0.4, -0.2) is 80.7 Å². The molecule has 1 amide bonds. The minimum absolute atomic E-state index is 0.0210. The molecule has 3 aromatic rings. The van der Waals surface area contributed by atoms with Gasteiger partial charge >= 0.3 is 0 Å². The van der Waals surface area contributed by atoms with Crippen molar-refractivity contribution in [2.75, 3.05) is 49.9 Å². The van der Waals surface area contributed by atoms with E-state index >= 15 is 0 Å². The quantitative estimate of drug-likeness (QED) is 0.0972. The van der Waals surface area contributed by atoms with Gasteiger partial charge in [0.2, 0.25) is 21.3 Å². The van der Waals surface area contributed by atoms with Crippen LogP contribution in [0.25, 0.3) is 5.57 Å². The Hall–Kier alpha value is -4.09. The molecule has 16 heteroatoms. The highest BCUT2D eigenvalue weighted by atomic mass is 32.2. The Kier molecular flexibility index (Phi) is 10.9. The smallest absolute Gasteiger partial charge is 0.295 e. The highest BCUT2D eigenvalue weighted by Crippen LogP contribution is 2.49. The lowest BCUT2D eigenvalue weighted by molar-refractivity contribution is -0.121. The maximum absolute atomic E-state index is 13.6. The fourth-order valence-corrected chi connectivity index (χ4v) is 11.7.